The maximum Gasteiger partial charge on any atom is 0.399 e. The van der Waals surface area contributed by atoms with Gasteiger partial charge in [-0.1, -0.05) is 35.9 Å². The lowest BCUT2D eigenvalue weighted by atomic mass is 9.94. The van der Waals surface area contributed by atoms with Gasteiger partial charge in [-0.3, -0.25) is 0 Å². The van der Waals surface area contributed by atoms with E-state index in [1.54, 1.807) is 0 Å². The molecule has 0 amide bonds. The molecule has 0 spiro atoms. The first-order valence-electron chi connectivity index (χ1n) is 9.49. The van der Waals surface area contributed by atoms with Crippen molar-refractivity contribution in [3.05, 3.63) is 76.6 Å². The Hall–Kier alpha value is -2.38. The zero-order chi connectivity index (χ0) is 20.2. The third-order valence-corrected chi connectivity index (χ3v) is 5.32. The first kappa shape index (κ1) is 19.9. The van der Waals surface area contributed by atoms with E-state index in [2.05, 4.69) is 4.98 Å². The molecule has 0 bridgehead atoms. The second-order valence-corrected chi connectivity index (χ2v) is 7.53. The monoisotopic (exact) mass is 415 g/mol. The number of rotatable bonds is 6. The van der Waals surface area contributed by atoms with Crippen molar-refractivity contribution >= 4 is 11.6 Å². The minimum Gasteiger partial charge on any atom is -0.417 e. The Balaban J connectivity index is 1.48. The molecule has 1 aliphatic heterocycles. The summed E-state index contributed by atoms with van der Waals surface area (Å²) in [4.78, 5) is 3.93. The summed E-state index contributed by atoms with van der Waals surface area (Å²) in [7, 11) is 0. The van der Waals surface area contributed by atoms with E-state index >= 15 is 0 Å². The fraction of sp³-hybridized carbons (Fsp3) is 0.318. The van der Waals surface area contributed by atoms with Gasteiger partial charge in [0.15, 0.2) is 0 Å². The van der Waals surface area contributed by atoms with Crippen LogP contribution in [0.15, 0.2) is 59.3 Å². The van der Waals surface area contributed by atoms with Gasteiger partial charge in [0.25, 0.3) is 0 Å². The van der Waals surface area contributed by atoms with E-state index in [0.717, 1.165) is 16.7 Å². The van der Waals surface area contributed by atoms with Crippen LogP contribution < -0.4 is 4.74 Å². The van der Waals surface area contributed by atoms with Crippen LogP contribution in [0.5, 0.6) is 11.8 Å². The summed E-state index contributed by atoms with van der Waals surface area (Å²) in [6, 6.07) is 13.4. The van der Waals surface area contributed by atoms with E-state index in [9.17, 15) is 10.2 Å². The molecule has 7 heteroatoms. The van der Waals surface area contributed by atoms with Crippen LogP contribution in [0.4, 0.5) is 0 Å². The standard InChI is InChI=1S/C22H22ClNO5/c23-20-6-3-15(21-12-17(26)11-19(13-25)28-21)10-16(20)9-14-1-4-18(5-2-14)29-22-24-7-8-27-22/h1-8,10,17,19,21,25-26H,9,11-13H2/t17?,19-,21+/m0/s1. The maximum absolute atomic E-state index is 10.1. The average molecular weight is 416 g/mol. The Morgan fingerprint density at radius 1 is 1.14 bits per heavy atom. The lowest BCUT2D eigenvalue weighted by Gasteiger charge is -2.32. The summed E-state index contributed by atoms with van der Waals surface area (Å²) >= 11 is 6.42. The highest BCUT2D eigenvalue weighted by Gasteiger charge is 2.29. The molecule has 6 nitrogen and oxygen atoms in total. The largest absolute Gasteiger partial charge is 0.417 e. The molecule has 0 radical (unpaired) electrons. The van der Waals surface area contributed by atoms with Gasteiger partial charge in [0, 0.05) is 17.9 Å². The number of aliphatic hydroxyl groups is 2. The Morgan fingerprint density at radius 3 is 2.69 bits per heavy atom. The van der Waals surface area contributed by atoms with E-state index < -0.39 is 6.10 Å². The fourth-order valence-corrected chi connectivity index (χ4v) is 3.69. The lowest BCUT2D eigenvalue weighted by molar-refractivity contribution is -0.113. The second kappa shape index (κ2) is 8.97. The summed E-state index contributed by atoms with van der Waals surface area (Å²) in [5.41, 5.74) is 2.99. The van der Waals surface area contributed by atoms with Crippen LogP contribution in [0.2, 0.25) is 5.02 Å². The number of ether oxygens (including phenoxy) is 2. The molecule has 2 aromatic carbocycles. The average Bonchev–Trinajstić information content (AvgIpc) is 3.23. The Morgan fingerprint density at radius 2 is 1.97 bits per heavy atom. The van der Waals surface area contributed by atoms with E-state index in [0.29, 0.717) is 30.0 Å². The van der Waals surface area contributed by atoms with Crippen molar-refractivity contribution in [2.24, 2.45) is 0 Å². The van der Waals surface area contributed by atoms with E-state index in [-0.39, 0.29) is 24.9 Å². The predicted molar refractivity (Wildman–Crippen MR) is 107 cm³/mol. The number of hydrogen-bond acceptors (Lipinski definition) is 6. The maximum atomic E-state index is 10.1. The topological polar surface area (TPSA) is 85.0 Å². The van der Waals surface area contributed by atoms with Crippen LogP contribution in [-0.2, 0) is 11.2 Å². The molecule has 0 aliphatic carbocycles. The molecule has 2 N–H and O–H groups in total. The van der Waals surface area contributed by atoms with Gasteiger partial charge >= 0.3 is 6.08 Å². The number of nitrogens with zero attached hydrogens (tertiary/aromatic N) is 1. The molecule has 1 aliphatic rings. The van der Waals surface area contributed by atoms with Crippen molar-refractivity contribution in [3.8, 4) is 11.8 Å². The van der Waals surface area contributed by atoms with Crippen molar-refractivity contribution in [3.63, 3.8) is 0 Å². The van der Waals surface area contributed by atoms with Crippen LogP contribution in [-0.4, -0.2) is 34.0 Å². The molecule has 1 unspecified atom stereocenters. The summed E-state index contributed by atoms with van der Waals surface area (Å²) in [6.45, 7) is -0.101. The molecule has 1 fully saturated rings. The van der Waals surface area contributed by atoms with Crippen LogP contribution >= 0.6 is 11.6 Å². The molecular formula is C22H22ClNO5. The van der Waals surface area contributed by atoms with Crippen LogP contribution in [0, 0.1) is 0 Å². The second-order valence-electron chi connectivity index (χ2n) is 7.13. The predicted octanol–water partition coefficient (Wildman–Crippen LogP) is 4.28. The third kappa shape index (κ3) is 4.97. The van der Waals surface area contributed by atoms with Gasteiger partial charge in [-0.25, -0.2) is 0 Å². The first-order valence-corrected chi connectivity index (χ1v) is 9.87. The Kier molecular flexibility index (Phi) is 6.16. The number of benzene rings is 2. The third-order valence-electron chi connectivity index (χ3n) is 4.96. The minimum atomic E-state index is -0.485. The zero-order valence-corrected chi connectivity index (χ0v) is 16.5. The quantitative estimate of drug-likeness (QED) is 0.625. The molecule has 3 atom stereocenters. The van der Waals surface area contributed by atoms with Crippen LogP contribution in [0.1, 0.15) is 35.6 Å². The van der Waals surface area contributed by atoms with Crippen molar-refractivity contribution in [2.45, 2.75) is 37.6 Å². The minimum absolute atomic E-state index is 0.101. The molecule has 29 heavy (non-hydrogen) atoms. The van der Waals surface area contributed by atoms with Crippen molar-refractivity contribution in [2.75, 3.05) is 6.61 Å². The van der Waals surface area contributed by atoms with Crippen LogP contribution in [0.25, 0.3) is 0 Å². The van der Waals surface area contributed by atoms with Crippen molar-refractivity contribution < 1.29 is 24.1 Å². The molecular weight excluding hydrogens is 394 g/mol. The number of oxazole rings is 1. The van der Waals surface area contributed by atoms with Gasteiger partial charge < -0.3 is 24.1 Å². The van der Waals surface area contributed by atoms with Gasteiger partial charge in [-0.05, 0) is 41.3 Å². The molecule has 0 saturated carbocycles. The van der Waals surface area contributed by atoms with Gasteiger partial charge in [0.1, 0.15) is 12.0 Å². The van der Waals surface area contributed by atoms with E-state index in [1.165, 1.54) is 12.5 Å². The van der Waals surface area contributed by atoms with E-state index in [1.807, 2.05) is 42.5 Å². The number of halogens is 1. The summed E-state index contributed by atoms with van der Waals surface area (Å²) in [5, 5.41) is 20.1. The molecule has 1 aromatic heterocycles. The first-order chi connectivity index (χ1) is 14.1. The SMILES string of the molecule is OC[C@@H]1CC(O)C[C@H](c2ccc(Cl)c(Cc3ccc(Oc4ncco4)cc3)c2)O1. The van der Waals surface area contributed by atoms with E-state index in [4.69, 9.17) is 25.5 Å². The lowest BCUT2D eigenvalue weighted by Crippen LogP contribution is -2.33. The Bertz CT molecular complexity index is 929. The fourth-order valence-electron chi connectivity index (χ4n) is 3.51. The zero-order valence-electron chi connectivity index (χ0n) is 15.7. The van der Waals surface area contributed by atoms with Gasteiger partial charge in [-0.15, -0.1) is 0 Å². The number of hydrogen-bond donors (Lipinski definition) is 2. The highest BCUT2D eigenvalue weighted by molar-refractivity contribution is 6.31. The molecule has 4 rings (SSSR count). The van der Waals surface area contributed by atoms with Gasteiger partial charge in [0.05, 0.1) is 31.1 Å². The van der Waals surface area contributed by atoms with Gasteiger partial charge in [-0.2, -0.15) is 4.98 Å². The summed E-state index contributed by atoms with van der Waals surface area (Å²) in [5.74, 6) is 0.635. The molecule has 1 saturated heterocycles. The summed E-state index contributed by atoms with van der Waals surface area (Å²) < 4.78 is 16.5. The highest BCUT2D eigenvalue weighted by Crippen LogP contribution is 2.34. The molecule has 3 aromatic rings. The summed E-state index contributed by atoms with van der Waals surface area (Å²) in [6.07, 6.45) is 3.69. The number of aromatic nitrogens is 1. The number of aliphatic hydroxyl groups excluding tert-OH is 2. The van der Waals surface area contributed by atoms with Crippen molar-refractivity contribution in [1.29, 1.82) is 0 Å². The highest BCUT2D eigenvalue weighted by atomic mass is 35.5. The smallest absolute Gasteiger partial charge is 0.399 e. The molecule has 152 valence electrons. The normalized spacial score (nSPS) is 21.8. The van der Waals surface area contributed by atoms with Crippen molar-refractivity contribution in [1.82, 2.24) is 4.98 Å². The van der Waals surface area contributed by atoms with Gasteiger partial charge in [0.2, 0.25) is 0 Å². The molecule has 2 heterocycles. The Labute approximate surface area is 173 Å². The van der Waals surface area contributed by atoms with Crippen LogP contribution in [0.3, 0.4) is 0 Å².